The van der Waals surface area contributed by atoms with Crippen LogP contribution in [0.25, 0.3) is 0 Å². The number of ketones is 1. The van der Waals surface area contributed by atoms with E-state index in [1.807, 2.05) is 30.3 Å². The Morgan fingerprint density at radius 3 is 2.38 bits per heavy atom. The maximum atomic E-state index is 10.7. The fraction of sp³-hybridized carbons (Fsp3) is 0.300. The Morgan fingerprint density at radius 2 is 1.92 bits per heavy atom. The van der Waals surface area contributed by atoms with Crippen LogP contribution in [0.5, 0.6) is 0 Å². The van der Waals surface area contributed by atoms with Gasteiger partial charge in [-0.1, -0.05) is 30.3 Å². The van der Waals surface area contributed by atoms with Crippen LogP contribution >= 0.6 is 0 Å². The van der Waals surface area contributed by atoms with Gasteiger partial charge in [0.05, 0.1) is 6.10 Å². The van der Waals surface area contributed by atoms with Crippen LogP contribution in [0.3, 0.4) is 0 Å². The first-order valence-electron chi connectivity index (χ1n) is 3.92. The molecule has 0 spiro atoms. The Balaban J connectivity index is 0.00000144. The summed E-state index contributed by atoms with van der Waals surface area (Å²) in [5.74, 6) is 0.00588. The third-order valence-electron chi connectivity index (χ3n) is 1.67. The molecule has 1 aromatic carbocycles. The predicted octanol–water partition coefficient (Wildman–Crippen LogP) is 1.70. The molecule has 0 aliphatic carbocycles. The largest absolute Gasteiger partial charge is 0.388 e. The second-order valence-electron chi connectivity index (χ2n) is 2.83. The number of benzene rings is 1. The van der Waals surface area contributed by atoms with E-state index < -0.39 is 6.10 Å². The van der Waals surface area contributed by atoms with E-state index in [1.165, 1.54) is 6.92 Å². The molecular formula is C10H12AcO2. The van der Waals surface area contributed by atoms with Crippen molar-refractivity contribution in [2.75, 3.05) is 0 Å². The number of aliphatic hydroxyl groups is 1. The van der Waals surface area contributed by atoms with Gasteiger partial charge in [0.2, 0.25) is 0 Å². The van der Waals surface area contributed by atoms with Gasteiger partial charge >= 0.3 is 0 Å². The minimum absolute atomic E-state index is 0. The average molecular weight is 391 g/mol. The number of carbonyl (C=O) groups excluding carboxylic acids is 1. The van der Waals surface area contributed by atoms with Crippen LogP contribution in [0, 0.1) is 44.1 Å². The van der Waals surface area contributed by atoms with Gasteiger partial charge in [-0.25, -0.2) is 0 Å². The predicted molar refractivity (Wildman–Crippen MR) is 46.7 cm³/mol. The van der Waals surface area contributed by atoms with E-state index in [1.54, 1.807) is 0 Å². The molecule has 1 radical (unpaired) electrons. The molecule has 1 unspecified atom stereocenters. The maximum absolute atomic E-state index is 10.7. The molecule has 13 heavy (non-hydrogen) atoms. The zero-order valence-electron chi connectivity index (χ0n) is 7.60. The third-order valence-corrected chi connectivity index (χ3v) is 1.67. The van der Waals surface area contributed by atoms with E-state index in [0.717, 1.165) is 5.56 Å². The summed E-state index contributed by atoms with van der Waals surface area (Å²) in [4.78, 5) is 10.7. The standard InChI is InChI=1S/C10H12O2.Ac/c1-8(11)7-10(12)9-5-3-2-4-6-9;/h2-6,10,12H,7H2,1H3;. The quantitative estimate of drug-likeness (QED) is 0.852. The summed E-state index contributed by atoms with van der Waals surface area (Å²) in [6, 6.07) is 9.20. The van der Waals surface area contributed by atoms with Gasteiger partial charge in [0.15, 0.2) is 0 Å². The van der Waals surface area contributed by atoms with Crippen LogP contribution in [0.15, 0.2) is 30.3 Å². The maximum Gasteiger partial charge on any atom is 0.132 e. The van der Waals surface area contributed by atoms with Gasteiger partial charge in [-0.3, -0.25) is 4.79 Å². The van der Waals surface area contributed by atoms with E-state index in [0.29, 0.717) is 0 Å². The summed E-state index contributed by atoms with van der Waals surface area (Å²) in [7, 11) is 0. The monoisotopic (exact) mass is 391 g/mol. The SMILES string of the molecule is CC(=O)CC(O)c1ccccc1.[Ac]. The van der Waals surface area contributed by atoms with Gasteiger partial charge in [0.1, 0.15) is 5.78 Å². The Labute approximate surface area is 114 Å². The third kappa shape index (κ3) is 4.91. The van der Waals surface area contributed by atoms with Crippen molar-refractivity contribution in [3.05, 3.63) is 35.9 Å². The Bertz CT molecular complexity index is 259. The summed E-state index contributed by atoms with van der Waals surface area (Å²) >= 11 is 0. The molecule has 67 valence electrons. The Kier molecular flexibility index (Phi) is 6.85. The van der Waals surface area contributed by atoms with Crippen molar-refractivity contribution in [3.8, 4) is 0 Å². The van der Waals surface area contributed by atoms with E-state index in [-0.39, 0.29) is 56.3 Å². The summed E-state index contributed by atoms with van der Waals surface area (Å²) in [5, 5.41) is 9.47. The van der Waals surface area contributed by atoms with Crippen molar-refractivity contribution in [2.45, 2.75) is 19.4 Å². The molecule has 3 heteroatoms. The first-order chi connectivity index (χ1) is 5.70. The summed E-state index contributed by atoms with van der Waals surface area (Å²) in [6.45, 7) is 1.48. The fourth-order valence-corrected chi connectivity index (χ4v) is 1.07. The van der Waals surface area contributed by atoms with Crippen LogP contribution in [0.4, 0.5) is 0 Å². The number of Topliss-reactive ketones (excluding diaryl/α,β-unsaturated/α-hetero) is 1. The molecule has 0 fully saturated rings. The van der Waals surface area contributed by atoms with Crippen LogP contribution in [0.1, 0.15) is 25.0 Å². The molecule has 0 aromatic heterocycles. The number of rotatable bonds is 3. The first kappa shape index (κ1) is 13.3. The molecule has 2 nitrogen and oxygen atoms in total. The number of hydrogen-bond donors (Lipinski definition) is 1. The van der Waals surface area contributed by atoms with Crippen LogP contribution in [-0.4, -0.2) is 10.9 Å². The number of carbonyl (C=O) groups is 1. The minimum Gasteiger partial charge on any atom is -0.388 e. The van der Waals surface area contributed by atoms with Crippen molar-refractivity contribution in [2.24, 2.45) is 0 Å². The van der Waals surface area contributed by atoms with E-state index in [4.69, 9.17) is 0 Å². The van der Waals surface area contributed by atoms with E-state index in [2.05, 4.69) is 0 Å². The van der Waals surface area contributed by atoms with Crippen molar-refractivity contribution in [1.29, 1.82) is 0 Å². The zero-order valence-corrected chi connectivity index (χ0v) is 12.3. The van der Waals surface area contributed by atoms with Gasteiger partial charge in [0, 0.05) is 50.5 Å². The number of aliphatic hydroxyl groups excluding tert-OH is 1. The smallest absolute Gasteiger partial charge is 0.132 e. The molecular weight excluding hydrogens is 379 g/mol. The Hall–Kier alpha value is 0.292. The van der Waals surface area contributed by atoms with Crippen molar-refractivity contribution < 1.29 is 54.0 Å². The zero-order chi connectivity index (χ0) is 8.97. The molecule has 0 saturated heterocycles. The molecule has 0 aliphatic heterocycles. The van der Waals surface area contributed by atoms with Crippen molar-refractivity contribution in [3.63, 3.8) is 0 Å². The fourth-order valence-electron chi connectivity index (χ4n) is 1.07. The van der Waals surface area contributed by atoms with E-state index in [9.17, 15) is 9.90 Å². The van der Waals surface area contributed by atoms with Gasteiger partial charge in [-0.15, -0.1) is 0 Å². The Morgan fingerprint density at radius 1 is 1.38 bits per heavy atom. The second kappa shape index (κ2) is 6.70. The van der Waals surface area contributed by atoms with E-state index >= 15 is 0 Å². The molecule has 0 heterocycles. The molecule has 0 aliphatic rings. The number of hydrogen-bond acceptors (Lipinski definition) is 2. The minimum atomic E-state index is -0.649. The molecule has 1 aromatic rings. The normalized spacial score (nSPS) is 11.5. The molecule has 0 amide bonds. The van der Waals surface area contributed by atoms with Crippen LogP contribution in [0.2, 0.25) is 0 Å². The van der Waals surface area contributed by atoms with Crippen molar-refractivity contribution >= 4 is 5.78 Å². The van der Waals surface area contributed by atoms with Gasteiger partial charge in [-0.2, -0.15) is 0 Å². The molecule has 1 rings (SSSR count). The molecule has 0 bridgehead atoms. The van der Waals surface area contributed by atoms with Gasteiger partial charge in [0.25, 0.3) is 0 Å². The van der Waals surface area contributed by atoms with Gasteiger partial charge in [-0.05, 0) is 12.5 Å². The van der Waals surface area contributed by atoms with Crippen LogP contribution < -0.4 is 0 Å². The molecule has 1 atom stereocenters. The first-order valence-corrected chi connectivity index (χ1v) is 3.92. The summed E-state index contributed by atoms with van der Waals surface area (Å²) in [6.07, 6.45) is -0.451. The molecule has 1 N–H and O–H groups in total. The second-order valence-corrected chi connectivity index (χ2v) is 2.83. The van der Waals surface area contributed by atoms with Crippen LogP contribution in [-0.2, 0) is 4.79 Å². The van der Waals surface area contributed by atoms with Gasteiger partial charge < -0.3 is 5.11 Å². The molecule has 0 saturated carbocycles. The summed E-state index contributed by atoms with van der Waals surface area (Å²) in [5.41, 5.74) is 0.799. The average Bonchev–Trinajstić information content (AvgIpc) is 2.05. The van der Waals surface area contributed by atoms with Crippen molar-refractivity contribution in [1.82, 2.24) is 0 Å². The topological polar surface area (TPSA) is 37.3 Å². The summed E-state index contributed by atoms with van der Waals surface area (Å²) < 4.78 is 0.